The van der Waals surface area contributed by atoms with E-state index in [0.29, 0.717) is 12.5 Å². The predicted molar refractivity (Wildman–Crippen MR) is 79.8 cm³/mol. The Hall–Kier alpha value is -1.39. The maximum Gasteiger partial charge on any atom is 0.307 e. The van der Waals surface area contributed by atoms with Crippen LogP contribution in [-0.2, 0) is 22.5 Å². The quantitative estimate of drug-likeness (QED) is 0.754. The molecule has 0 saturated heterocycles. The van der Waals surface area contributed by atoms with Crippen molar-refractivity contribution in [2.75, 3.05) is 26.8 Å². The van der Waals surface area contributed by atoms with Crippen LogP contribution in [0, 0.1) is 5.92 Å². The zero-order valence-electron chi connectivity index (χ0n) is 12.6. The van der Waals surface area contributed by atoms with Crippen LogP contribution in [0.1, 0.15) is 25.0 Å². The molecule has 0 saturated carbocycles. The lowest BCUT2D eigenvalue weighted by Gasteiger charge is -2.25. The maximum absolute atomic E-state index is 10.9. The number of carboxylic acids is 1. The molecular formula is C16H25NO3. The summed E-state index contributed by atoms with van der Waals surface area (Å²) >= 11 is 0. The van der Waals surface area contributed by atoms with Crippen LogP contribution in [0.15, 0.2) is 24.3 Å². The number of hydrogen-bond acceptors (Lipinski definition) is 3. The van der Waals surface area contributed by atoms with E-state index in [9.17, 15) is 4.79 Å². The van der Waals surface area contributed by atoms with Crippen molar-refractivity contribution in [3.05, 3.63) is 35.4 Å². The fourth-order valence-electron chi connectivity index (χ4n) is 2.26. The van der Waals surface area contributed by atoms with Crippen molar-refractivity contribution in [3.8, 4) is 0 Å². The highest BCUT2D eigenvalue weighted by atomic mass is 16.5. The summed E-state index contributed by atoms with van der Waals surface area (Å²) in [7, 11) is 1.70. The summed E-state index contributed by atoms with van der Waals surface area (Å²) in [6, 6.07) is 7.76. The average Bonchev–Trinajstić information content (AvgIpc) is 2.37. The Labute approximate surface area is 121 Å². The topological polar surface area (TPSA) is 49.8 Å². The minimum Gasteiger partial charge on any atom is -0.481 e. The van der Waals surface area contributed by atoms with Gasteiger partial charge < -0.3 is 9.84 Å². The van der Waals surface area contributed by atoms with E-state index < -0.39 is 5.97 Å². The van der Waals surface area contributed by atoms with Gasteiger partial charge in [-0.05, 0) is 17.0 Å². The highest BCUT2D eigenvalue weighted by Gasteiger charge is 2.12. The lowest BCUT2D eigenvalue weighted by Crippen LogP contribution is -2.31. The Balaban J connectivity index is 2.78. The normalized spacial score (nSPS) is 11.2. The molecule has 1 aromatic carbocycles. The molecule has 0 spiro atoms. The van der Waals surface area contributed by atoms with Gasteiger partial charge in [0.15, 0.2) is 0 Å². The van der Waals surface area contributed by atoms with Crippen molar-refractivity contribution in [2.24, 2.45) is 5.92 Å². The highest BCUT2D eigenvalue weighted by Crippen LogP contribution is 2.14. The fourth-order valence-corrected chi connectivity index (χ4v) is 2.26. The minimum atomic E-state index is -0.787. The summed E-state index contributed by atoms with van der Waals surface area (Å²) in [5.41, 5.74) is 1.98. The molecule has 1 N–H and O–H groups in total. The van der Waals surface area contributed by atoms with E-state index in [1.165, 1.54) is 0 Å². The molecule has 0 aromatic heterocycles. The molecule has 0 radical (unpaired) electrons. The molecule has 0 aliphatic carbocycles. The van der Waals surface area contributed by atoms with Crippen LogP contribution in [0.4, 0.5) is 0 Å². The molecule has 1 rings (SSSR count). The molecule has 0 unspecified atom stereocenters. The van der Waals surface area contributed by atoms with Crippen molar-refractivity contribution in [1.82, 2.24) is 4.90 Å². The van der Waals surface area contributed by atoms with Gasteiger partial charge in [0.1, 0.15) is 0 Å². The zero-order chi connectivity index (χ0) is 15.0. The second-order valence-corrected chi connectivity index (χ2v) is 5.46. The number of ether oxygens (including phenoxy) is 1. The Morgan fingerprint density at radius 1 is 1.30 bits per heavy atom. The molecule has 0 amide bonds. The molecule has 0 heterocycles. The number of aliphatic carboxylic acids is 1. The minimum absolute atomic E-state index is 0.0793. The fraction of sp³-hybridized carbons (Fsp3) is 0.562. The summed E-state index contributed by atoms with van der Waals surface area (Å²) in [5.74, 6) is -0.219. The van der Waals surface area contributed by atoms with Gasteiger partial charge in [-0.3, -0.25) is 9.69 Å². The Bertz CT molecular complexity index is 418. The standard InChI is InChI=1S/C16H25NO3/c1-13(2)11-17(8-9-20-3)12-15-7-5-4-6-14(15)10-16(18)19/h4-7,13H,8-12H2,1-3H3,(H,18,19). The number of benzene rings is 1. The van der Waals surface area contributed by atoms with Crippen LogP contribution in [0.5, 0.6) is 0 Å². The van der Waals surface area contributed by atoms with E-state index in [2.05, 4.69) is 18.7 Å². The van der Waals surface area contributed by atoms with Crippen molar-refractivity contribution >= 4 is 5.97 Å². The third-order valence-electron chi connectivity index (χ3n) is 3.09. The first kappa shape index (κ1) is 16.7. The lowest BCUT2D eigenvalue weighted by atomic mass is 10.0. The van der Waals surface area contributed by atoms with Gasteiger partial charge in [-0.15, -0.1) is 0 Å². The third-order valence-corrected chi connectivity index (χ3v) is 3.09. The number of nitrogens with zero attached hydrogens (tertiary/aromatic N) is 1. The van der Waals surface area contributed by atoms with Crippen LogP contribution in [0.25, 0.3) is 0 Å². The first-order chi connectivity index (χ1) is 9.52. The van der Waals surface area contributed by atoms with Gasteiger partial charge in [-0.1, -0.05) is 38.1 Å². The number of methoxy groups -OCH3 is 1. The van der Waals surface area contributed by atoms with Gasteiger partial charge in [0, 0.05) is 26.7 Å². The summed E-state index contributed by atoms with van der Waals surface area (Å²) in [6.07, 6.45) is 0.0793. The molecular weight excluding hydrogens is 254 g/mol. The molecule has 0 aliphatic heterocycles. The zero-order valence-corrected chi connectivity index (χ0v) is 12.6. The summed E-state index contributed by atoms with van der Waals surface area (Å²) in [4.78, 5) is 13.2. The number of hydrogen-bond donors (Lipinski definition) is 1. The van der Waals surface area contributed by atoms with Gasteiger partial charge in [-0.25, -0.2) is 0 Å². The third kappa shape index (κ3) is 6.17. The molecule has 0 aliphatic rings. The first-order valence-corrected chi connectivity index (χ1v) is 7.02. The smallest absolute Gasteiger partial charge is 0.307 e. The van der Waals surface area contributed by atoms with Crippen LogP contribution in [0.2, 0.25) is 0 Å². The molecule has 112 valence electrons. The molecule has 4 nitrogen and oxygen atoms in total. The van der Waals surface area contributed by atoms with Crippen molar-refractivity contribution in [1.29, 1.82) is 0 Å². The molecule has 4 heteroatoms. The monoisotopic (exact) mass is 279 g/mol. The summed E-state index contributed by atoms with van der Waals surface area (Å²) < 4.78 is 5.15. The number of carboxylic acid groups (broad SMARTS) is 1. The molecule has 1 aromatic rings. The van der Waals surface area contributed by atoms with E-state index in [1.807, 2.05) is 24.3 Å². The second-order valence-electron chi connectivity index (χ2n) is 5.46. The Kier molecular flexibility index (Phi) is 7.26. The SMILES string of the molecule is COCCN(Cc1ccccc1CC(=O)O)CC(C)C. The maximum atomic E-state index is 10.9. The predicted octanol–water partition coefficient (Wildman–Crippen LogP) is 2.42. The second kappa shape index (κ2) is 8.72. The van der Waals surface area contributed by atoms with Gasteiger partial charge >= 0.3 is 5.97 Å². The molecule has 0 bridgehead atoms. The van der Waals surface area contributed by atoms with Gasteiger partial charge in [0.2, 0.25) is 0 Å². The van der Waals surface area contributed by atoms with Crippen LogP contribution in [0.3, 0.4) is 0 Å². The van der Waals surface area contributed by atoms with Crippen molar-refractivity contribution < 1.29 is 14.6 Å². The molecule has 0 atom stereocenters. The first-order valence-electron chi connectivity index (χ1n) is 7.02. The van der Waals surface area contributed by atoms with Crippen molar-refractivity contribution in [3.63, 3.8) is 0 Å². The van der Waals surface area contributed by atoms with E-state index in [-0.39, 0.29) is 6.42 Å². The lowest BCUT2D eigenvalue weighted by molar-refractivity contribution is -0.136. The van der Waals surface area contributed by atoms with Crippen LogP contribution in [-0.4, -0.2) is 42.8 Å². The Morgan fingerprint density at radius 2 is 1.95 bits per heavy atom. The highest BCUT2D eigenvalue weighted by molar-refractivity contribution is 5.70. The number of carbonyl (C=O) groups is 1. The van der Waals surface area contributed by atoms with Gasteiger partial charge in [0.05, 0.1) is 13.0 Å². The van der Waals surface area contributed by atoms with Crippen LogP contribution >= 0.6 is 0 Å². The summed E-state index contributed by atoms with van der Waals surface area (Å²) in [6.45, 7) is 7.66. The van der Waals surface area contributed by atoms with Crippen molar-refractivity contribution in [2.45, 2.75) is 26.8 Å². The Morgan fingerprint density at radius 3 is 2.50 bits per heavy atom. The van der Waals surface area contributed by atoms with Gasteiger partial charge in [0.25, 0.3) is 0 Å². The average molecular weight is 279 g/mol. The van der Waals surface area contributed by atoms with E-state index in [0.717, 1.165) is 30.8 Å². The largest absolute Gasteiger partial charge is 0.481 e. The molecule has 20 heavy (non-hydrogen) atoms. The van der Waals surface area contributed by atoms with E-state index in [1.54, 1.807) is 7.11 Å². The molecule has 0 fully saturated rings. The summed E-state index contributed by atoms with van der Waals surface area (Å²) in [5, 5.41) is 8.98. The van der Waals surface area contributed by atoms with Crippen LogP contribution < -0.4 is 0 Å². The van der Waals surface area contributed by atoms with E-state index in [4.69, 9.17) is 9.84 Å². The number of rotatable bonds is 9. The van der Waals surface area contributed by atoms with Gasteiger partial charge in [-0.2, -0.15) is 0 Å². The van der Waals surface area contributed by atoms with E-state index >= 15 is 0 Å².